The van der Waals surface area contributed by atoms with E-state index in [4.69, 9.17) is 9.47 Å². The molecule has 0 spiro atoms. The molecule has 0 bridgehead atoms. The van der Waals surface area contributed by atoms with Crippen LogP contribution in [0.25, 0.3) is 0 Å². The van der Waals surface area contributed by atoms with E-state index in [9.17, 15) is 22.4 Å². The SMILES string of the molecule is CC(=O)NC1CO[C@H]2CN(Cc3cc(F)ccc3C(F)(F)F)C[C@@H]2OC1. The molecule has 144 valence electrons. The van der Waals surface area contributed by atoms with Gasteiger partial charge in [0.1, 0.15) is 5.82 Å². The predicted molar refractivity (Wildman–Crippen MR) is 83.8 cm³/mol. The molecule has 2 heterocycles. The highest BCUT2D eigenvalue weighted by atomic mass is 19.4. The third-order valence-corrected chi connectivity index (χ3v) is 4.49. The summed E-state index contributed by atoms with van der Waals surface area (Å²) in [6.07, 6.45) is -5.13. The fourth-order valence-electron chi connectivity index (χ4n) is 3.38. The van der Waals surface area contributed by atoms with Crippen LogP contribution >= 0.6 is 0 Å². The average Bonchev–Trinajstić information content (AvgIpc) is 2.81. The Hall–Kier alpha value is -1.71. The first-order valence-corrected chi connectivity index (χ1v) is 8.30. The molecule has 0 aliphatic carbocycles. The lowest BCUT2D eigenvalue weighted by Gasteiger charge is -2.20. The van der Waals surface area contributed by atoms with Gasteiger partial charge in [0.25, 0.3) is 0 Å². The summed E-state index contributed by atoms with van der Waals surface area (Å²) in [4.78, 5) is 12.9. The van der Waals surface area contributed by atoms with Crippen LogP contribution in [0.1, 0.15) is 18.1 Å². The number of hydrogen-bond donors (Lipinski definition) is 1. The van der Waals surface area contributed by atoms with E-state index in [1.54, 1.807) is 4.90 Å². The number of nitrogens with one attached hydrogen (secondary N) is 1. The summed E-state index contributed by atoms with van der Waals surface area (Å²) in [6, 6.07) is 2.26. The fourth-order valence-corrected chi connectivity index (χ4v) is 3.38. The van der Waals surface area contributed by atoms with E-state index in [-0.39, 0.29) is 49.5 Å². The number of rotatable bonds is 3. The van der Waals surface area contributed by atoms with Crippen LogP contribution in [-0.2, 0) is 27.0 Å². The second-order valence-corrected chi connectivity index (χ2v) is 6.63. The van der Waals surface area contributed by atoms with Crippen LogP contribution in [0.5, 0.6) is 0 Å². The van der Waals surface area contributed by atoms with Gasteiger partial charge in [-0.05, 0) is 23.8 Å². The number of amides is 1. The van der Waals surface area contributed by atoms with Gasteiger partial charge in [-0.3, -0.25) is 9.69 Å². The second kappa shape index (κ2) is 7.50. The Bertz CT molecular complexity index is 652. The van der Waals surface area contributed by atoms with Crippen LogP contribution in [0.2, 0.25) is 0 Å². The van der Waals surface area contributed by atoms with Gasteiger partial charge in [0.15, 0.2) is 0 Å². The minimum atomic E-state index is -4.54. The highest BCUT2D eigenvalue weighted by Crippen LogP contribution is 2.33. The zero-order valence-corrected chi connectivity index (χ0v) is 14.2. The van der Waals surface area contributed by atoms with E-state index >= 15 is 0 Å². The molecule has 1 amide bonds. The van der Waals surface area contributed by atoms with Gasteiger partial charge in [-0.1, -0.05) is 0 Å². The first kappa shape index (κ1) is 19.1. The number of ether oxygens (including phenoxy) is 2. The lowest BCUT2D eigenvalue weighted by atomic mass is 10.1. The predicted octanol–water partition coefficient (Wildman–Crippen LogP) is 1.95. The first-order chi connectivity index (χ1) is 12.2. The summed E-state index contributed by atoms with van der Waals surface area (Å²) in [5.41, 5.74) is -0.941. The Morgan fingerprint density at radius 2 is 1.85 bits per heavy atom. The van der Waals surface area contributed by atoms with Crippen molar-refractivity contribution < 1.29 is 31.8 Å². The monoisotopic (exact) mass is 376 g/mol. The van der Waals surface area contributed by atoms with Crippen molar-refractivity contribution in [3.8, 4) is 0 Å². The van der Waals surface area contributed by atoms with Crippen LogP contribution < -0.4 is 5.32 Å². The number of benzene rings is 1. The van der Waals surface area contributed by atoms with Crippen molar-refractivity contribution in [1.29, 1.82) is 0 Å². The molecule has 2 aliphatic heterocycles. The maximum Gasteiger partial charge on any atom is 0.416 e. The Labute approximate surface area is 148 Å². The standard InChI is InChI=1S/C17H20F4N2O3/c1-10(24)22-13-8-25-15-6-23(7-16(15)26-9-13)5-11-4-12(18)2-3-14(11)17(19,20)21/h2-4,13,15-16H,5-9H2,1H3,(H,22,24)/t15-,16-/m0/s1. The number of fused-ring (bicyclic) bond motifs is 1. The summed E-state index contributed by atoms with van der Waals surface area (Å²) in [5.74, 6) is -0.881. The summed E-state index contributed by atoms with van der Waals surface area (Å²) in [5, 5.41) is 2.72. The van der Waals surface area contributed by atoms with Crippen molar-refractivity contribution in [3.05, 3.63) is 35.1 Å². The normalized spacial score (nSPS) is 25.0. The molecular formula is C17H20F4N2O3. The highest BCUT2D eigenvalue weighted by Gasteiger charge is 2.39. The van der Waals surface area contributed by atoms with Gasteiger partial charge in [-0.2, -0.15) is 13.2 Å². The molecule has 26 heavy (non-hydrogen) atoms. The minimum absolute atomic E-state index is 0.0402. The third kappa shape index (κ3) is 4.52. The fraction of sp³-hybridized carbons (Fsp3) is 0.588. The number of alkyl halides is 3. The molecule has 0 radical (unpaired) electrons. The number of carbonyl (C=O) groups is 1. The van der Waals surface area contributed by atoms with Gasteiger partial charge in [-0.15, -0.1) is 0 Å². The van der Waals surface area contributed by atoms with Crippen molar-refractivity contribution in [1.82, 2.24) is 10.2 Å². The van der Waals surface area contributed by atoms with Gasteiger partial charge in [0.05, 0.1) is 37.0 Å². The quantitative estimate of drug-likeness (QED) is 0.820. The summed E-state index contributed by atoms with van der Waals surface area (Å²) in [7, 11) is 0. The summed E-state index contributed by atoms with van der Waals surface area (Å²) >= 11 is 0. The maximum absolute atomic E-state index is 13.4. The molecule has 5 nitrogen and oxygen atoms in total. The number of likely N-dealkylation sites (tertiary alicyclic amines) is 1. The molecular weight excluding hydrogens is 356 g/mol. The molecule has 2 aliphatic rings. The van der Waals surface area contributed by atoms with Crippen LogP contribution in [0.4, 0.5) is 17.6 Å². The van der Waals surface area contributed by atoms with Gasteiger partial charge >= 0.3 is 6.18 Å². The van der Waals surface area contributed by atoms with Crippen molar-refractivity contribution in [2.75, 3.05) is 26.3 Å². The molecule has 0 unspecified atom stereocenters. The van der Waals surface area contributed by atoms with E-state index in [0.29, 0.717) is 13.1 Å². The summed E-state index contributed by atoms with van der Waals surface area (Å²) in [6.45, 7) is 2.69. The topological polar surface area (TPSA) is 50.8 Å². The Kier molecular flexibility index (Phi) is 5.50. The number of nitrogens with zero attached hydrogens (tertiary/aromatic N) is 1. The largest absolute Gasteiger partial charge is 0.416 e. The maximum atomic E-state index is 13.4. The minimum Gasteiger partial charge on any atom is -0.372 e. The molecule has 2 saturated heterocycles. The second-order valence-electron chi connectivity index (χ2n) is 6.63. The smallest absolute Gasteiger partial charge is 0.372 e. The zero-order chi connectivity index (χ0) is 18.9. The van der Waals surface area contributed by atoms with Crippen molar-refractivity contribution in [2.45, 2.75) is 37.9 Å². The zero-order valence-electron chi connectivity index (χ0n) is 14.2. The molecule has 1 N–H and O–H groups in total. The van der Waals surface area contributed by atoms with Crippen LogP contribution in [0.3, 0.4) is 0 Å². The van der Waals surface area contributed by atoms with E-state index in [1.165, 1.54) is 6.92 Å². The van der Waals surface area contributed by atoms with Gasteiger partial charge in [0.2, 0.25) is 5.91 Å². The van der Waals surface area contributed by atoms with Gasteiger partial charge < -0.3 is 14.8 Å². The van der Waals surface area contributed by atoms with E-state index in [1.807, 2.05) is 0 Å². The van der Waals surface area contributed by atoms with Gasteiger partial charge in [0, 0.05) is 26.6 Å². The Morgan fingerprint density at radius 1 is 1.23 bits per heavy atom. The molecule has 0 aromatic heterocycles. The van der Waals surface area contributed by atoms with Crippen LogP contribution in [-0.4, -0.2) is 55.4 Å². The van der Waals surface area contributed by atoms with E-state index in [2.05, 4.69) is 5.32 Å². The van der Waals surface area contributed by atoms with E-state index < -0.39 is 17.6 Å². The Balaban J connectivity index is 1.65. The van der Waals surface area contributed by atoms with E-state index in [0.717, 1.165) is 18.2 Å². The number of carbonyl (C=O) groups excluding carboxylic acids is 1. The summed E-state index contributed by atoms with van der Waals surface area (Å²) < 4.78 is 64.3. The lowest BCUT2D eigenvalue weighted by Crippen LogP contribution is -2.40. The third-order valence-electron chi connectivity index (χ3n) is 4.49. The highest BCUT2D eigenvalue weighted by molar-refractivity contribution is 5.73. The van der Waals surface area contributed by atoms with Crippen molar-refractivity contribution >= 4 is 5.91 Å². The molecule has 2 atom stereocenters. The first-order valence-electron chi connectivity index (χ1n) is 8.30. The average molecular weight is 376 g/mol. The Morgan fingerprint density at radius 3 is 2.38 bits per heavy atom. The van der Waals surface area contributed by atoms with Crippen LogP contribution in [0.15, 0.2) is 18.2 Å². The van der Waals surface area contributed by atoms with Gasteiger partial charge in [-0.25, -0.2) is 4.39 Å². The van der Waals surface area contributed by atoms with Crippen molar-refractivity contribution in [2.24, 2.45) is 0 Å². The number of halogens is 4. The molecule has 1 aromatic carbocycles. The van der Waals surface area contributed by atoms with Crippen LogP contribution in [0, 0.1) is 5.82 Å². The van der Waals surface area contributed by atoms with Crippen molar-refractivity contribution in [3.63, 3.8) is 0 Å². The molecule has 1 aromatic rings. The lowest BCUT2D eigenvalue weighted by molar-refractivity contribution is -0.138. The number of hydrogen-bond acceptors (Lipinski definition) is 4. The molecule has 2 fully saturated rings. The molecule has 9 heteroatoms. The molecule has 3 rings (SSSR count). The molecule has 0 saturated carbocycles.